The molecule has 132 valence electrons. The summed E-state index contributed by atoms with van der Waals surface area (Å²) in [5, 5.41) is 19.3. The molecule has 9 heteroatoms. The summed E-state index contributed by atoms with van der Waals surface area (Å²) in [4.78, 5) is 10.3. The number of nitrogens with two attached hydrogens (primary N) is 1. The Kier molecular flexibility index (Phi) is 4.50. The summed E-state index contributed by atoms with van der Waals surface area (Å²) in [6.45, 7) is 2.34. The van der Waals surface area contributed by atoms with Crippen LogP contribution in [0.25, 0.3) is 0 Å². The minimum Gasteiger partial charge on any atom is -0.380 e. The highest BCUT2D eigenvalue weighted by atomic mass is 32.2. The molecule has 8 nitrogen and oxygen atoms in total. The zero-order valence-electron chi connectivity index (χ0n) is 13.2. The van der Waals surface area contributed by atoms with Crippen molar-refractivity contribution >= 4 is 21.4 Å². The van der Waals surface area contributed by atoms with Gasteiger partial charge in [-0.05, 0) is 43.7 Å². The fourth-order valence-electron chi connectivity index (χ4n) is 3.42. The molecule has 0 atom stereocenters. The Bertz CT molecular complexity index is 735. The van der Waals surface area contributed by atoms with Crippen LogP contribution >= 0.6 is 0 Å². The fourth-order valence-corrected chi connectivity index (χ4v) is 3.95. The third kappa shape index (κ3) is 3.52. The second-order valence-corrected chi connectivity index (χ2v) is 8.36. The molecule has 1 aromatic carbocycles. The van der Waals surface area contributed by atoms with Crippen LogP contribution in [0.15, 0.2) is 23.1 Å². The van der Waals surface area contributed by atoms with Gasteiger partial charge in [0, 0.05) is 18.0 Å². The molecule has 1 heterocycles. The lowest BCUT2D eigenvalue weighted by Gasteiger charge is -2.46. The molecular weight excluding hydrogens is 334 g/mol. The van der Waals surface area contributed by atoms with Gasteiger partial charge in [-0.2, -0.15) is 0 Å². The van der Waals surface area contributed by atoms with Crippen molar-refractivity contribution in [2.24, 2.45) is 16.5 Å². The molecule has 0 radical (unpaired) electrons. The zero-order valence-corrected chi connectivity index (χ0v) is 14.0. The molecule has 1 spiro atoms. The summed E-state index contributed by atoms with van der Waals surface area (Å²) in [7, 11) is -3.96. The van der Waals surface area contributed by atoms with Gasteiger partial charge in [0.2, 0.25) is 10.0 Å². The van der Waals surface area contributed by atoms with Gasteiger partial charge in [-0.15, -0.1) is 0 Å². The molecule has 0 amide bonds. The number of rotatable bonds is 5. The van der Waals surface area contributed by atoms with E-state index in [1.807, 2.05) is 0 Å². The number of benzene rings is 1. The molecule has 1 aliphatic heterocycles. The minimum absolute atomic E-state index is 0.260. The highest BCUT2D eigenvalue weighted by Crippen LogP contribution is 2.44. The van der Waals surface area contributed by atoms with E-state index >= 15 is 0 Å². The highest BCUT2D eigenvalue weighted by Gasteiger charge is 2.41. The molecule has 1 aromatic rings. The van der Waals surface area contributed by atoms with E-state index in [1.165, 1.54) is 12.1 Å². The quantitative estimate of drug-likeness (QED) is 0.613. The van der Waals surface area contributed by atoms with Gasteiger partial charge < -0.3 is 10.1 Å². The van der Waals surface area contributed by atoms with Gasteiger partial charge in [0.25, 0.3) is 5.69 Å². The van der Waals surface area contributed by atoms with Crippen molar-refractivity contribution in [3.8, 4) is 0 Å². The SMILES string of the molecule is NS(=O)(=O)c1ccc(NCC2CCC3(CC2)COC3)c([N+](=O)[O-])c1. The maximum atomic E-state index is 11.3. The van der Waals surface area contributed by atoms with Crippen LogP contribution in [0, 0.1) is 21.4 Å². The van der Waals surface area contributed by atoms with Crippen LogP contribution in [-0.2, 0) is 14.8 Å². The maximum Gasteiger partial charge on any atom is 0.293 e. The summed E-state index contributed by atoms with van der Waals surface area (Å²) in [6.07, 6.45) is 4.40. The van der Waals surface area contributed by atoms with Gasteiger partial charge in [-0.25, -0.2) is 13.6 Å². The third-order valence-corrected chi connectivity index (χ3v) is 5.97. The van der Waals surface area contributed by atoms with Crippen molar-refractivity contribution in [3.63, 3.8) is 0 Å². The Morgan fingerprint density at radius 2 is 2.00 bits per heavy atom. The highest BCUT2D eigenvalue weighted by molar-refractivity contribution is 7.89. The number of hydrogen-bond donors (Lipinski definition) is 2. The van der Waals surface area contributed by atoms with E-state index < -0.39 is 14.9 Å². The van der Waals surface area contributed by atoms with E-state index in [4.69, 9.17) is 9.88 Å². The number of sulfonamides is 1. The summed E-state index contributed by atoms with van der Waals surface area (Å²) < 4.78 is 28.0. The van der Waals surface area contributed by atoms with Crippen LogP contribution in [0.2, 0.25) is 0 Å². The van der Waals surface area contributed by atoms with Crippen molar-refractivity contribution < 1.29 is 18.1 Å². The lowest BCUT2D eigenvalue weighted by Crippen LogP contribution is -2.45. The second kappa shape index (κ2) is 6.30. The van der Waals surface area contributed by atoms with Gasteiger partial charge in [0.05, 0.1) is 23.0 Å². The topological polar surface area (TPSA) is 125 Å². The summed E-state index contributed by atoms with van der Waals surface area (Å²) >= 11 is 0. The first-order valence-corrected chi connectivity index (χ1v) is 9.47. The monoisotopic (exact) mass is 355 g/mol. The molecule has 3 rings (SSSR count). The first-order chi connectivity index (χ1) is 11.3. The molecule has 2 fully saturated rings. The number of nitrogens with zero attached hydrogens (tertiary/aromatic N) is 1. The van der Waals surface area contributed by atoms with E-state index in [1.54, 1.807) is 0 Å². The fraction of sp³-hybridized carbons (Fsp3) is 0.600. The van der Waals surface area contributed by atoms with Crippen LogP contribution in [-0.4, -0.2) is 33.1 Å². The zero-order chi connectivity index (χ0) is 17.4. The smallest absolute Gasteiger partial charge is 0.293 e. The van der Waals surface area contributed by atoms with Crippen molar-refractivity contribution in [2.45, 2.75) is 30.6 Å². The van der Waals surface area contributed by atoms with Crippen molar-refractivity contribution in [2.75, 3.05) is 25.1 Å². The lowest BCUT2D eigenvalue weighted by molar-refractivity contribution is -0.384. The predicted molar refractivity (Wildman–Crippen MR) is 88.2 cm³/mol. The molecular formula is C15H21N3O5S. The van der Waals surface area contributed by atoms with Crippen molar-refractivity contribution in [3.05, 3.63) is 28.3 Å². The standard InChI is InChI=1S/C15H21N3O5S/c16-24(21,22)12-1-2-13(14(7-12)18(19)20)17-8-11-3-5-15(6-4-11)9-23-10-15/h1-2,7,11,17H,3-6,8-10H2,(H2,16,21,22). The molecule has 0 aromatic heterocycles. The van der Waals surface area contributed by atoms with Crippen molar-refractivity contribution in [1.29, 1.82) is 0 Å². The Labute approximate surface area is 140 Å². The minimum atomic E-state index is -3.96. The Balaban J connectivity index is 1.65. The number of primary sulfonamides is 1. The Morgan fingerprint density at radius 3 is 2.50 bits per heavy atom. The summed E-state index contributed by atoms with van der Waals surface area (Å²) in [5.41, 5.74) is 0.417. The van der Waals surface area contributed by atoms with E-state index in [9.17, 15) is 18.5 Å². The molecule has 24 heavy (non-hydrogen) atoms. The largest absolute Gasteiger partial charge is 0.380 e. The second-order valence-electron chi connectivity index (χ2n) is 6.80. The normalized spacial score (nSPS) is 20.5. The van der Waals surface area contributed by atoms with Crippen molar-refractivity contribution in [1.82, 2.24) is 0 Å². The number of ether oxygens (including phenoxy) is 1. The first-order valence-electron chi connectivity index (χ1n) is 7.92. The van der Waals surface area contributed by atoms with Gasteiger partial charge in [-0.3, -0.25) is 10.1 Å². The van der Waals surface area contributed by atoms with Gasteiger partial charge in [0.1, 0.15) is 5.69 Å². The Hall–Kier alpha value is -1.71. The molecule has 2 aliphatic rings. The average molecular weight is 355 g/mol. The van der Waals surface area contributed by atoms with Crippen LogP contribution in [0.1, 0.15) is 25.7 Å². The van der Waals surface area contributed by atoms with Crippen LogP contribution in [0.3, 0.4) is 0 Å². The molecule has 0 bridgehead atoms. The first kappa shape index (κ1) is 17.1. The van der Waals surface area contributed by atoms with E-state index in [0.717, 1.165) is 45.0 Å². The van der Waals surface area contributed by atoms with Crippen LogP contribution in [0.4, 0.5) is 11.4 Å². The number of nitro benzene ring substituents is 1. The van der Waals surface area contributed by atoms with Gasteiger partial charge >= 0.3 is 0 Å². The average Bonchev–Trinajstić information content (AvgIpc) is 2.50. The van der Waals surface area contributed by atoms with Crippen LogP contribution < -0.4 is 10.5 Å². The number of anilines is 1. The summed E-state index contributed by atoms with van der Waals surface area (Å²) in [6, 6.07) is 3.69. The van der Waals surface area contributed by atoms with E-state index in [2.05, 4.69) is 5.32 Å². The van der Waals surface area contributed by atoms with E-state index in [0.29, 0.717) is 23.6 Å². The number of hydrogen-bond acceptors (Lipinski definition) is 6. The molecule has 1 saturated carbocycles. The molecule has 3 N–H and O–H groups in total. The summed E-state index contributed by atoms with van der Waals surface area (Å²) in [5.74, 6) is 0.453. The maximum absolute atomic E-state index is 11.3. The molecule has 1 aliphatic carbocycles. The van der Waals surface area contributed by atoms with E-state index in [-0.39, 0.29) is 10.6 Å². The number of nitro groups is 1. The molecule has 1 saturated heterocycles. The Morgan fingerprint density at radius 1 is 1.33 bits per heavy atom. The van der Waals surface area contributed by atoms with Crippen LogP contribution in [0.5, 0.6) is 0 Å². The van der Waals surface area contributed by atoms with Gasteiger partial charge in [-0.1, -0.05) is 0 Å². The molecule has 0 unspecified atom stereocenters. The third-order valence-electron chi connectivity index (χ3n) is 5.06. The predicted octanol–water partition coefficient (Wildman–Crippen LogP) is 1.86. The number of nitrogens with one attached hydrogen (secondary N) is 1. The van der Waals surface area contributed by atoms with Gasteiger partial charge in [0.15, 0.2) is 0 Å². The lowest BCUT2D eigenvalue weighted by atomic mass is 9.69.